The van der Waals surface area contributed by atoms with Crippen molar-refractivity contribution >= 4 is 17.5 Å². The zero-order chi connectivity index (χ0) is 19.2. The van der Waals surface area contributed by atoms with Gasteiger partial charge in [-0.15, -0.1) is 0 Å². The van der Waals surface area contributed by atoms with Gasteiger partial charge in [0.15, 0.2) is 6.61 Å². The fraction of sp³-hybridized carbons (Fsp3) is 0.476. The molecule has 2 heterocycles. The average molecular weight is 368 g/mol. The van der Waals surface area contributed by atoms with E-state index < -0.39 is 0 Å². The molecule has 1 aliphatic heterocycles. The molecule has 6 heteroatoms. The summed E-state index contributed by atoms with van der Waals surface area (Å²) in [4.78, 5) is 25.6. The third-order valence-electron chi connectivity index (χ3n) is 4.91. The number of ether oxygens (including phenoxy) is 1. The number of para-hydroxylation sites is 1. The molecule has 0 spiro atoms. The van der Waals surface area contributed by atoms with Crippen LogP contribution in [0.5, 0.6) is 5.88 Å². The molecule has 1 fully saturated rings. The number of piperidine rings is 1. The van der Waals surface area contributed by atoms with Crippen molar-refractivity contribution in [3.05, 3.63) is 42.1 Å². The van der Waals surface area contributed by atoms with E-state index in [-0.39, 0.29) is 12.5 Å². The summed E-state index contributed by atoms with van der Waals surface area (Å²) in [6, 6.07) is 11.4. The maximum Gasteiger partial charge on any atom is 0.264 e. The SMILES string of the molecule is CCN(C(=O)COc1cc(C)nc(N2CCC(C)CC2)n1)c1ccccc1. The molecule has 0 bridgehead atoms. The predicted molar refractivity (Wildman–Crippen MR) is 107 cm³/mol. The zero-order valence-corrected chi connectivity index (χ0v) is 16.4. The number of carbonyl (C=O) groups is 1. The van der Waals surface area contributed by atoms with Gasteiger partial charge in [-0.2, -0.15) is 4.98 Å². The number of nitrogens with zero attached hydrogens (tertiary/aromatic N) is 4. The molecule has 0 unspecified atom stereocenters. The summed E-state index contributed by atoms with van der Waals surface area (Å²) in [7, 11) is 0. The van der Waals surface area contributed by atoms with Crippen LogP contribution in [0.25, 0.3) is 0 Å². The maximum absolute atomic E-state index is 12.6. The lowest BCUT2D eigenvalue weighted by Crippen LogP contribution is -2.35. The summed E-state index contributed by atoms with van der Waals surface area (Å²) in [5, 5.41) is 0. The molecule has 1 aromatic heterocycles. The number of rotatable bonds is 6. The lowest BCUT2D eigenvalue weighted by atomic mass is 10.00. The Hall–Kier alpha value is -2.63. The molecule has 0 radical (unpaired) electrons. The van der Waals surface area contributed by atoms with Gasteiger partial charge in [-0.1, -0.05) is 25.1 Å². The van der Waals surface area contributed by atoms with E-state index in [1.165, 1.54) is 0 Å². The van der Waals surface area contributed by atoms with Gasteiger partial charge in [0.05, 0.1) is 0 Å². The molecule has 1 aromatic carbocycles. The van der Waals surface area contributed by atoms with Crippen molar-refractivity contribution < 1.29 is 9.53 Å². The van der Waals surface area contributed by atoms with Crippen molar-refractivity contribution in [1.29, 1.82) is 0 Å². The molecular weight excluding hydrogens is 340 g/mol. The summed E-state index contributed by atoms with van der Waals surface area (Å²) in [5.74, 6) is 1.80. The molecule has 1 saturated heterocycles. The molecule has 27 heavy (non-hydrogen) atoms. The van der Waals surface area contributed by atoms with E-state index in [9.17, 15) is 4.79 Å². The molecular formula is C21H28N4O2. The highest BCUT2D eigenvalue weighted by atomic mass is 16.5. The van der Waals surface area contributed by atoms with E-state index in [1.807, 2.05) is 44.2 Å². The van der Waals surface area contributed by atoms with Crippen LogP contribution in [0, 0.1) is 12.8 Å². The zero-order valence-electron chi connectivity index (χ0n) is 16.4. The minimum absolute atomic E-state index is 0.0460. The first-order valence-electron chi connectivity index (χ1n) is 9.65. The first kappa shape index (κ1) is 19.1. The summed E-state index contributed by atoms with van der Waals surface area (Å²) in [6.45, 7) is 8.62. The summed E-state index contributed by atoms with van der Waals surface area (Å²) < 4.78 is 5.74. The van der Waals surface area contributed by atoms with E-state index in [1.54, 1.807) is 11.0 Å². The first-order chi connectivity index (χ1) is 13.1. The third kappa shape index (κ3) is 4.96. The number of aromatic nitrogens is 2. The second-order valence-corrected chi connectivity index (χ2v) is 7.08. The number of benzene rings is 1. The Bertz CT molecular complexity index is 758. The molecule has 0 aliphatic carbocycles. The molecule has 1 aliphatic rings. The number of hydrogen-bond acceptors (Lipinski definition) is 5. The smallest absolute Gasteiger partial charge is 0.264 e. The number of hydrogen-bond donors (Lipinski definition) is 0. The number of anilines is 2. The quantitative estimate of drug-likeness (QED) is 0.782. The van der Waals surface area contributed by atoms with Gasteiger partial charge in [-0.3, -0.25) is 4.79 Å². The minimum atomic E-state index is -0.0895. The summed E-state index contributed by atoms with van der Waals surface area (Å²) in [6.07, 6.45) is 2.29. The second kappa shape index (κ2) is 8.84. The predicted octanol–water partition coefficient (Wildman–Crippen LogP) is 3.45. The van der Waals surface area contributed by atoms with Crippen LogP contribution in [-0.2, 0) is 4.79 Å². The standard InChI is InChI=1S/C21H28N4O2/c1-4-25(18-8-6-5-7-9-18)20(26)15-27-19-14-17(3)22-21(23-19)24-12-10-16(2)11-13-24/h5-9,14,16H,4,10-13,15H2,1-3H3. The van der Waals surface area contributed by atoms with Crippen molar-refractivity contribution in [1.82, 2.24) is 9.97 Å². The van der Waals surface area contributed by atoms with Crippen molar-refractivity contribution in [3.8, 4) is 5.88 Å². The fourth-order valence-corrected chi connectivity index (χ4v) is 3.27. The number of carbonyl (C=O) groups excluding carboxylic acids is 1. The maximum atomic E-state index is 12.6. The van der Waals surface area contributed by atoms with Gasteiger partial charge < -0.3 is 14.5 Å². The van der Waals surface area contributed by atoms with Crippen LogP contribution in [0.4, 0.5) is 11.6 Å². The van der Waals surface area contributed by atoms with Crippen molar-refractivity contribution in [2.24, 2.45) is 5.92 Å². The Morgan fingerprint density at radius 3 is 2.59 bits per heavy atom. The Labute approximate surface area is 161 Å². The van der Waals surface area contributed by atoms with Gasteiger partial charge in [0.2, 0.25) is 11.8 Å². The molecule has 0 saturated carbocycles. The summed E-state index contributed by atoms with van der Waals surface area (Å²) in [5.41, 5.74) is 1.71. The molecule has 3 rings (SSSR count). The Morgan fingerprint density at radius 2 is 1.93 bits per heavy atom. The molecule has 0 N–H and O–H groups in total. The van der Waals surface area contributed by atoms with Crippen LogP contribution in [0.1, 0.15) is 32.4 Å². The van der Waals surface area contributed by atoms with Gasteiger partial charge >= 0.3 is 0 Å². The van der Waals surface area contributed by atoms with Crippen LogP contribution >= 0.6 is 0 Å². The summed E-state index contributed by atoms with van der Waals surface area (Å²) >= 11 is 0. The van der Waals surface area contributed by atoms with Gasteiger partial charge in [0.25, 0.3) is 5.91 Å². The van der Waals surface area contributed by atoms with Crippen LogP contribution in [0.15, 0.2) is 36.4 Å². The van der Waals surface area contributed by atoms with Crippen molar-refractivity contribution in [2.45, 2.75) is 33.6 Å². The van der Waals surface area contributed by atoms with E-state index in [0.29, 0.717) is 18.4 Å². The van der Waals surface area contributed by atoms with E-state index in [2.05, 4.69) is 21.8 Å². The van der Waals surface area contributed by atoms with E-state index >= 15 is 0 Å². The molecule has 144 valence electrons. The Morgan fingerprint density at radius 1 is 1.22 bits per heavy atom. The van der Waals surface area contributed by atoms with Crippen LogP contribution in [0.3, 0.4) is 0 Å². The normalized spacial score (nSPS) is 14.9. The van der Waals surface area contributed by atoms with Gasteiger partial charge in [0, 0.05) is 37.1 Å². The minimum Gasteiger partial charge on any atom is -0.467 e. The second-order valence-electron chi connectivity index (χ2n) is 7.08. The molecule has 1 amide bonds. The van der Waals surface area contributed by atoms with Gasteiger partial charge in [-0.25, -0.2) is 4.98 Å². The fourth-order valence-electron chi connectivity index (χ4n) is 3.27. The third-order valence-corrected chi connectivity index (χ3v) is 4.91. The monoisotopic (exact) mass is 368 g/mol. The number of aryl methyl sites for hydroxylation is 1. The van der Waals surface area contributed by atoms with Gasteiger partial charge in [0.1, 0.15) is 0 Å². The Balaban J connectivity index is 1.66. The number of likely N-dealkylation sites (N-methyl/N-ethyl adjacent to an activating group) is 1. The molecule has 0 atom stereocenters. The van der Waals surface area contributed by atoms with Gasteiger partial charge in [-0.05, 0) is 44.7 Å². The lowest BCUT2D eigenvalue weighted by Gasteiger charge is -2.30. The molecule has 6 nitrogen and oxygen atoms in total. The highest BCUT2D eigenvalue weighted by Gasteiger charge is 2.20. The first-order valence-corrected chi connectivity index (χ1v) is 9.65. The highest BCUT2D eigenvalue weighted by molar-refractivity contribution is 5.94. The lowest BCUT2D eigenvalue weighted by molar-refractivity contribution is -0.120. The topological polar surface area (TPSA) is 58.6 Å². The average Bonchev–Trinajstić information content (AvgIpc) is 2.68. The van der Waals surface area contributed by atoms with Crippen LogP contribution in [0.2, 0.25) is 0 Å². The van der Waals surface area contributed by atoms with E-state index in [4.69, 9.17) is 4.74 Å². The number of amides is 1. The Kier molecular flexibility index (Phi) is 6.27. The van der Waals surface area contributed by atoms with Crippen LogP contribution in [-0.4, -0.2) is 42.1 Å². The van der Waals surface area contributed by atoms with Crippen molar-refractivity contribution in [3.63, 3.8) is 0 Å². The van der Waals surface area contributed by atoms with E-state index in [0.717, 1.165) is 43.2 Å². The molecule has 2 aromatic rings. The largest absolute Gasteiger partial charge is 0.467 e. The van der Waals surface area contributed by atoms with Crippen molar-refractivity contribution in [2.75, 3.05) is 36.0 Å². The van der Waals surface area contributed by atoms with Crippen LogP contribution < -0.4 is 14.5 Å². The highest BCUT2D eigenvalue weighted by Crippen LogP contribution is 2.22.